The van der Waals surface area contributed by atoms with E-state index in [4.69, 9.17) is 9.16 Å². The van der Waals surface area contributed by atoms with Crippen molar-refractivity contribution >= 4 is 20.3 Å². The van der Waals surface area contributed by atoms with Crippen LogP contribution in [0.4, 0.5) is 0 Å². The Balaban J connectivity index is 4.21. The maximum absolute atomic E-state index is 12.2. The minimum atomic E-state index is -1.91. The molecule has 0 radical (unpaired) electrons. The average Bonchev–Trinajstić information content (AvgIpc) is 2.47. The number of hydrogen-bond acceptors (Lipinski definition) is 4. The normalized spacial score (nSPS) is 11.1. The van der Waals surface area contributed by atoms with Gasteiger partial charge in [-0.25, -0.2) is 4.79 Å². The Bertz CT molecular complexity index is 362. The van der Waals surface area contributed by atoms with Gasteiger partial charge in [0.15, 0.2) is 0 Å². The van der Waals surface area contributed by atoms with Crippen molar-refractivity contribution in [2.45, 2.75) is 84.4 Å². The Morgan fingerprint density at radius 1 is 0.957 bits per heavy atom. The summed E-state index contributed by atoms with van der Waals surface area (Å²) in [7, 11) is -1.91. The van der Waals surface area contributed by atoms with Crippen molar-refractivity contribution in [2.24, 2.45) is 0 Å². The van der Waals surface area contributed by atoms with Gasteiger partial charge in [-0.2, -0.15) is 0 Å². The van der Waals surface area contributed by atoms with Gasteiger partial charge in [0.2, 0.25) is 0 Å². The van der Waals surface area contributed by atoms with E-state index in [1.165, 1.54) is 0 Å². The van der Waals surface area contributed by atoms with Gasteiger partial charge in [0.05, 0.1) is 6.61 Å². The summed E-state index contributed by atoms with van der Waals surface area (Å²) in [6.07, 6.45) is 5.02. The molecule has 0 bridgehead atoms. The molecule has 0 heterocycles. The summed E-state index contributed by atoms with van der Waals surface area (Å²) in [4.78, 5) is 23.4. The molecule has 4 nitrogen and oxygen atoms in total. The summed E-state index contributed by atoms with van der Waals surface area (Å²) in [6, 6.07) is 3.20. The van der Waals surface area contributed by atoms with E-state index in [9.17, 15) is 9.59 Å². The molecule has 0 aliphatic heterocycles. The molecular weight excluding hydrogens is 308 g/mol. The van der Waals surface area contributed by atoms with Gasteiger partial charge in [-0.15, -0.1) is 0 Å². The quantitative estimate of drug-likeness (QED) is 0.205. The van der Waals surface area contributed by atoms with E-state index in [0.29, 0.717) is 31.4 Å². The van der Waals surface area contributed by atoms with Gasteiger partial charge in [-0.3, -0.25) is 4.79 Å². The first-order valence-electron chi connectivity index (χ1n) is 8.95. The molecule has 0 N–H and O–H groups in total. The molecule has 0 unspecified atom stereocenters. The van der Waals surface area contributed by atoms with Crippen molar-refractivity contribution in [1.29, 1.82) is 0 Å². The smallest absolute Gasteiger partial charge is 0.333 e. The van der Waals surface area contributed by atoms with Crippen LogP contribution in [0.15, 0.2) is 12.2 Å². The fourth-order valence-electron chi connectivity index (χ4n) is 2.85. The second-order valence-corrected chi connectivity index (χ2v) is 10.4. The van der Waals surface area contributed by atoms with Gasteiger partial charge in [0.1, 0.15) is 0 Å². The van der Waals surface area contributed by atoms with Crippen LogP contribution in [0.25, 0.3) is 0 Å². The number of carbonyl (C=O) groups excluding carboxylic acids is 2. The van der Waals surface area contributed by atoms with Crippen molar-refractivity contribution in [3.05, 3.63) is 12.2 Å². The molecule has 5 heteroatoms. The zero-order chi connectivity index (χ0) is 17.7. The van der Waals surface area contributed by atoms with E-state index in [0.717, 1.165) is 37.4 Å². The molecule has 0 saturated carbocycles. The number of rotatable bonds is 13. The van der Waals surface area contributed by atoms with Crippen LogP contribution in [0.3, 0.4) is 0 Å². The first kappa shape index (κ1) is 21.9. The molecule has 0 aromatic carbocycles. The lowest BCUT2D eigenvalue weighted by atomic mass is 10.2. The fourth-order valence-corrected chi connectivity index (χ4v) is 7.22. The predicted octanol–water partition coefficient (Wildman–Crippen LogP) is 4.99. The number of carbonyl (C=O) groups is 2. The van der Waals surface area contributed by atoms with E-state index in [-0.39, 0.29) is 11.9 Å². The van der Waals surface area contributed by atoms with E-state index < -0.39 is 8.32 Å². The van der Waals surface area contributed by atoms with Crippen LogP contribution in [0, 0.1) is 0 Å². The summed E-state index contributed by atoms with van der Waals surface area (Å²) in [5.41, 5.74) is 0.402. The molecule has 134 valence electrons. The molecule has 0 aromatic heterocycles. The monoisotopic (exact) mass is 342 g/mol. The minimum absolute atomic E-state index is 0.0711. The largest absolute Gasteiger partial charge is 0.519 e. The Hall–Kier alpha value is -1.10. The van der Waals surface area contributed by atoms with Gasteiger partial charge >= 0.3 is 5.97 Å². The molecule has 0 aliphatic rings. The summed E-state index contributed by atoms with van der Waals surface area (Å²) < 4.78 is 11.0. The predicted molar refractivity (Wildman–Crippen MR) is 96.8 cm³/mol. The first-order chi connectivity index (χ1) is 10.9. The average molecular weight is 343 g/mol. The number of unbranched alkanes of at least 4 members (excludes halogenated alkanes) is 1. The van der Waals surface area contributed by atoms with Crippen LogP contribution in [0.1, 0.15) is 66.2 Å². The Morgan fingerprint density at radius 2 is 1.48 bits per heavy atom. The Labute approximate surface area is 142 Å². The zero-order valence-electron chi connectivity index (χ0n) is 15.4. The van der Waals surface area contributed by atoms with E-state index in [1.807, 2.05) is 0 Å². The van der Waals surface area contributed by atoms with Crippen molar-refractivity contribution in [3.8, 4) is 0 Å². The highest BCUT2D eigenvalue weighted by Gasteiger charge is 2.35. The number of ether oxygens (including phenoxy) is 1. The van der Waals surface area contributed by atoms with Gasteiger partial charge in [-0.05, 0) is 37.9 Å². The molecule has 0 aliphatic carbocycles. The van der Waals surface area contributed by atoms with Gasteiger partial charge in [0, 0.05) is 12.0 Å². The number of hydrogen-bond donors (Lipinski definition) is 0. The van der Waals surface area contributed by atoms with Crippen LogP contribution >= 0.6 is 0 Å². The topological polar surface area (TPSA) is 52.6 Å². The third-order valence-electron chi connectivity index (χ3n) is 3.80. The third-order valence-corrected chi connectivity index (χ3v) is 8.70. The standard InChI is InChI=1S/C18H34O4Si/c1-6-13-23(14-7-2,15-8-3)22-17(19)11-9-10-12-21-18(20)16(4)5/h4,6-15H2,1-3,5H3. The zero-order valence-corrected chi connectivity index (χ0v) is 16.4. The van der Waals surface area contributed by atoms with Gasteiger partial charge < -0.3 is 9.16 Å². The van der Waals surface area contributed by atoms with Crippen LogP contribution in [0.2, 0.25) is 18.1 Å². The molecular formula is C18H34O4Si. The summed E-state index contributed by atoms with van der Waals surface area (Å²) in [5.74, 6) is -0.439. The maximum Gasteiger partial charge on any atom is 0.333 e. The van der Waals surface area contributed by atoms with Crippen molar-refractivity contribution in [3.63, 3.8) is 0 Å². The maximum atomic E-state index is 12.2. The third kappa shape index (κ3) is 9.59. The van der Waals surface area contributed by atoms with Crippen LogP contribution < -0.4 is 0 Å². The highest BCUT2D eigenvalue weighted by molar-refractivity contribution is 6.75. The minimum Gasteiger partial charge on any atom is -0.519 e. The summed E-state index contributed by atoms with van der Waals surface area (Å²) in [5, 5.41) is 0. The van der Waals surface area contributed by atoms with Crippen LogP contribution in [-0.4, -0.2) is 26.9 Å². The van der Waals surface area contributed by atoms with E-state index in [1.54, 1.807) is 6.92 Å². The van der Waals surface area contributed by atoms with E-state index >= 15 is 0 Å². The lowest BCUT2D eigenvalue weighted by Crippen LogP contribution is -2.40. The Morgan fingerprint density at radius 3 is 1.91 bits per heavy atom. The van der Waals surface area contributed by atoms with Gasteiger partial charge in [-0.1, -0.05) is 46.6 Å². The molecule has 0 rings (SSSR count). The highest BCUT2D eigenvalue weighted by atomic mass is 28.4. The summed E-state index contributed by atoms with van der Waals surface area (Å²) >= 11 is 0. The van der Waals surface area contributed by atoms with Crippen molar-refractivity contribution in [2.75, 3.05) is 6.61 Å². The highest BCUT2D eigenvalue weighted by Crippen LogP contribution is 2.28. The second-order valence-electron chi connectivity index (χ2n) is 6.28. The van der Waals surface area contributed by atoms with Crippen molar-refractivity contribution in [1.82, 2.24) is 0 Å². The molecule has 0 aromatic rings. The van der Waals surface area contributed by atoms with Crippen LogP contribution in [0.5, 0.6) is 0 Å². The molecule has 0 amide bonds. The molecule has 0 fully saturated rings. The van der Waals surface area contributed by atoms with Crippen LogP contribution in [-0.2, 0) is 18.8 Å². The fraction of sp³-hybridized carbons (Fsp3) is 0.778. The van der Waals surface area contributed by atoms with Crippen molar-refractivity contribution < 1.29 is 18.8 Å². The van der Waals surface area contributed by atoms with E-state index in [2.05, 4.69) is 27.4 Å². The number of esters is 1. The lowest BCUT2D eigenvalue weighted by molar-refractivity contribution is -0.139. The first-order valence-corrected chi connectivity index (χ1v) is 11.5. The molecule has 0 saturated heterocycles. The second kappa shape index (κ2) is 12.3. The SMILES string of the molecule is C=C(C)C(=O)OCCCCC(=O)O[Si](CCC)(CCC)CCC. The van der Waals surface area contributed by atoms with Gasteiger partial charge in [0.25, 0.3) is 14.3 Å². The summed E-state index contributed by atoms with van der Waals surface area (Å²) in [6.45, 7) is 12.0. The Kier molecular flexibility index (Phi) is 11.7. The lowest BCUT2D eigenvalue weighted by Gasteiger charge is -2.30. The molecule has 0 atom stereocenters. The molecule has 0 spiro atoms. The molecule has 23 heavy (non-hydrogen) atoms.